The number of carboxylic acid groups (broad SMARTS) is 1. The van der Waals surface area contributed by atoms with Crippen molar-refractivity contribution in [2.24, 2.45) is 0 Å². The van der Waals surface area contributed by atoms with E-state index in [2.05, 4.69) is 6.92 Å². The van der Waals surface area contributed by atoms with Crippen LogP contribution in [0.5, 0.6) is 0 Å². The SMILES string of the molecule is CCCCCCn1cc(C(=O)O)c(=O)cc1C. The van der Waals surface area contributed by atoms with E-state index in [1.54, 1.807) is 0 Å². The summed E-state index contributed by atoms with van der Waals surface area (Å²) in [6.45, 7) is 4.74. The van der Waals surface area contributed by atoms with Gasteiger partial charge in [0.05, 0.1) is 0 Å². The van der Waals surface area contributed by atoms with Gasteiger partial charge in [-0.2, -0.15) is 0 Å². The van der Waals surface area contributed by atoms with Crippen molar-refractivity contribution in [3.05, 3.63) is 33.7 Å². The smallest absolute Gasteiger partial charge is 0.341 e. The number of aromatic carboxylic acids is 1. The van der Waals surface area contributed by atoms with E-state index in [1.165, 1.54) is 25.1 Å². The van der Waals surface area contributed by atoms with E-state index in [0.29, 0.717) is 0 Å². The summed E-state index contributed by atoms with van der Waals surface area (Å²) in [5, 5.41) is 8.88. The summed E-state index contributed by atoms with van der Waals surface area (Å²) in [5.74, 6) is -1.16. The number of carboxylic acids is 1. The molecule has 4 heteroatoms. The van der Waals surface area contributed by atoms with E-state index >= 15 is 0 Å². The number of hydrogen-bond acceptors (Lipinski definition) is 2. The van der Waals surface area contributed by atoms with Crippen LogP contribution in [0.25, 0.3) is 0 Å². The van der Waals surface area contributed by atoms with Gasteiger partial charge < -0.3 is 9.67 Å². The third kappa shape index (κ3) is 3.73. The number of unbranched alkanes of at least 4 members (excludes halogenated alkanes) is 3. The van der Waals surface area contributed by atoms with Crippen LogP contribution in [0.1, 0.15) is 48.7 Å². The first-order chi connectivity index (χ1) is 8.06. The highest BCUT2D eigenvalue weighted by atomic mass is 16.4. The van der Waals surface area contributed by atoms with Crippen LogP contribution >= 0.6 is 0 Å². The van der Waals surface area contributed by atoms with Crippen molar-refractivity contribution in [3.8, 4) is 0 Å². The summed E-state index contributed by atoms with van der Waals surface area (Å²) in [6.07, 6.45) is 5.95. The molecule has 1 heterocycles. The van der Waals surface area contributed by atoms with E-state index in [0.717, 1.165) is 25.1 Å². The highest BCUT2D eigenvalue weighted by Gasteiger charge is 2.10. The molecule has 0 aliphatic heterocycles. The maximum Gasteiger partial charge on any atom is 0.341 e. The van der Waals surface area contributed by atoms with Crippen LogP contribution in [-0.4, -0.2) is 15.6 Å². The molecular formula is C13H19NO3. The lowest BCUT2D eigenvalue weighted by Gasteiger charge is -2.11. The van der Waals surface area contributed by atoms with E-state index in [4.69, 9.17) is 5.11 Å². The second kappa shape index (κ2) is 6.23. The third-order valence-corrected chi connectivity index (χ3v) is 2.83. The van der Waals surface area contributed by atoms with Crippen molar-refractivity contribution in [1.29, 1.82) is 0 Å². The lowest BCUT2D eigenvalue weighted by Crippen LogP contribution is -2.19. The molecule has 1 aromatic heterocycles. The zero-order valence-electron chi connectivity index (χ0n) is 10.4. The average Bonchev–Trinajstić information content (AvgIpc) is 2.26. The standard InChI is InChI=1S/C13H19NO3/c1-3-4-5-6-7-14-9-11(13(16)17)12(15)8-10(14)2/h8-9H,3-7H2,1-2H3,(H,16,17). The Hall–Kier alpha value is -1.58. The molecular weight excluding hydrogens is 218 g/mol. The number of carbonyl (C=O) groups is 1. The van der Waals surface area contributed by atoms with Crippen LogP contribution < -0.4 is 5.43 Å². The minimum absolute atomic E-state index is 0.147. The molecule has 0 aromatic carbocycles. The molecule has 0 saturated heterocycles. The van der Waals surface area contributed by atoms with Crippen molar-refractivity contribution in [3.63, 3.8) is 0 Å². The van der Waals surface area contributed by atoms with Gasteiger partial charge in [-0.25, -0.2) is 4.79 Å². The second-order valence-electron chi connectivity index (χ2n) is 4.25. The Morgan fingerprint density at radius 1 is 1.35 bits per heavy atom. The molecule has 0 atom stereocenters. The van der Waals surface area contributed by atoms with Crippen molar-refractivity contribution >= 4 is 5.97 Å². The van der Waals surface area contributed by atoms with Gasteiger partial charge in [-0.05, 0) is 13.3 Å². The van der Waals surface area contributed by atoms with Gasteiger partial charge in [-0.1, -0.05) is 26.2 Å². The normalized spacial score (nSPS) is 10.5. The molecule has 4 nitrogen and oxygen atoms in total. The number of rotatable bonds is 6. The van der Waals surface area contributed by atoms with Gasteiger partial charge in [-0.15, -0.1) is 0 Å². The van der Waals surface area contributed by atoms with Crippen LogP contribution in [-0.2, 0) is 6.54 Å². The summed E-state index contributed by atoms with van der Waals surface area (Å²) in [6, 6.07) is 1.39. The van der Waals surface area contributed by atoms with Crippen molar-refractivity contribution < 1.29 is 9.90 Å². The minimum atomic E-state index is -1.16. The van der Waals surface area contributed by atoms with E-state index < -0.39 is 11.4 Å². The Labute approximate surface area is 101 Å². The Morgan fingerprint density at radius 2 is 2.06 bits per heavy atom. The van der Waals surface area contributed by atoms with E-state index in [9.17, 15) is 9.59 Å². The summed E-state index contributed by atoms with van der Waals surface area (Å²) in [7, 11) is 0. The summed E-state index contributed by atoms with van der Waals surface area (Å²) >= 11 is 0. The molecule has 0 radical (unpaired) electrons. The van der Waals surface area contributed by atoms with Gasteiger partial charge in [0.2, 0.25) is 0 Å². The topological polar surface area (TPSA) is 59.3 Å². The Morgan fingerprint density at radius 3 is 2.65 bits per heavy atom. The predicted octanol–water partition coefficient (Wildman–Crippen LogP) is 2.44. The first-order valence-corrected chi connectivity index (χ1v) is 6.00. The average molecular weight is 237 g/mol. The number of aryl methyl sites for hydroxylation is 2. The fourth-order valence-electron chi connectivity index (χ4n) is 1.78. The van der Waals surface area contributed by atoms with Gasteiger partial charge in [0.25, 0.3) is 0 Å². The van der Waals surface area contributed by atoms with E-state index in [1.807, 2.05) is 11.5 Å². The Bertz CT molecular complexity index is 448. The lowest BCUT2D eigenvalue weighted by atomic mass is 10.2. The second-order valence-corrected chi connectivity index (χ2v) is 4.25. The molecule has 1 rings (SSSR count). The first kappa shape index (κ1) is 13.5. The van der Waals surface area contributed by atoms with Crippen LogP contribution in [0.3, 0.4) is 0 Å². The Balaban J connectivity index is 2.81. The zero-order chi connectivity index (χ0) is 12.8. The summed E-state index contributed by atoms with van der Waals surface area (Å²) in [5.41, 5.74) is 0.252. The zero-order valence-corrected chi connectivity index (χ0v) is 10.4. The molecule has 0 aliphatic rings. The third-order valence-electron chi connectivity index (χ3n) is 2.83. The molecule has 1 N–H and O–H groups in total. The van der Waals surface area contributed by atoms with Gasteiger partial charge >= 0.3 is 5.97 Å². The van der Waals surface area contributed by atoms with Crippen molar-refractivity contribution in [2.75, 3.05) is 0 Å². The highest BCUT2D eigenvalue weighted by Crippen LogP contribution is 2.05. The number of hydrogen-bond donors (Lipinski definition) is 1. The molecule has 17 heavy (non-hydrogen) atoms. The number of aromatic nitrogens is 1. The monoisotopic (exact) mass is 237 g/mol. The summed E-state index contributed by atoms with van der Waals surface area (Å²) < 4.78 is 1.85. The maximum absolute atomic E-state index is 11.4. The Kier molecular flexibility index (Phi) is 4.94. The fraction of sp³-hybridized carbons (Fsp3) is 0.538. The summed E-state index contributed by atoms with van der Waals surface area (Å²) in [4.78, 5) is 22.3. The lowest BCUT2D eigenvalue weighted by molar-refractivity contribution is 0.0694. The van der Waals surface area contributed by atoms with Gasteiger partial charge in [0.15, 0.2) is 5.43 Å². The van der Waals surface area contributed by atoms with Crippen LogP contribution in [0.2, 0.25) is 0 Å². The fourth-order valence-corrected chi connectivity index (χ4v) is 1.78. The number of nitrogens with zero attached hydrogens (tertiary/aromatic N) is 1. The van der Waals surface area contributed by atoms with Crippen molar-refractivity contribution in [2.45, 2.75) is 46.1 Å². The molecule has 94 valence electrons. The quantitative estimate of drug-likeness (QED) is 0.773. The van der Waals surface area contributed by atoms with Gasteiger partial charge in [-0.3, -0.25) is 4.79 Å². The first-order valence-electron chi connectivity index (χ1n) is 6.00. The van der Waals surface area contributed by atoms with E-state index in [-0.39, 0.29) is 5.56 Å². The molecule has 0 bridgehead atoms. The largest absolute Gasteiger partial charge is 0.477 e. The predicted molar refractivity (Wildman–Crippen MR) is 66.5 cm³/mol. The minimum Gasteiger partial charge on any atom is -0.477 e. The molecule has 0 unspecified atom stereocenters. The van der Waals surface area contributed by atoms with Gasteiger partial charge in [0, 0.05) is 24.5 Å². The van der Waals surface area contributed by atoms with Crippen molar-refractivity contribution in [1.82, 2.24) is 4.57 Å². The molecule has 0 saturated carbocycles. The molecule has 0 aliphatic carbocycles. The molecule has 0 spiro atoms. The van der Waals surface area contributed by atoms with Crippen LogP contribution in [0, 0.1) is 6.92 Å². The molecule has 0 fully saturated rings. The molecule has 1 aromatic rings. The maximum atomic E-state index is 11.4. The van der Waals surface area contributed by atoms with Gasteiger partial charge in [0.1, 0.15) is 5.56 Å². The number of pyridine rings is 1. The highest BCUT2D eigenvalue weighted by molar-refractivity contribution is 5.87. The van der Waals surface area contributed by atoms with Crippen LogP contribution in [0.15, 0.2) is 17.1 Å². The molecule has 0 amide bonds. The van der Waals surface area contributed by atoms with Crippen LogP contribution in [0.4, 0.5) is 0 Å².